The standard InChI is InChI=1S/C40H33F4NO/c1-38(2)34-24-27(40(42,43)44)14-19-32(34)35-30-8-4-5-9-31(30)37-33(36(35)38)20-21-39(46-37,25-10-15-28(41)16-11-25)26-12-17-29(18-13-26)45-22-6-3-7-23-45/h4-5,8-21,24H,3,6-7,22-23H2,1-2H3. The van der Waals surface area contributed by atoms with Crippen molar-refractivity contribution in [3.63, 3.8) is 0 Å². The summed E-state index contributed by atoms with van der Waals surface area (Å²) in [5, 5.41) is 1.80. The van der Waals surface area contributed by atoms with Crippen molar-refractivity contribution in [1.82, 2.24) is 0 Å². The maximum absolute atomic E-state index is 14.2. The predicted octanol–water partition coefficient (Wildman–Crippen LogP) is 10.6. The van der Waals surface area contributed by atoms with Gasteiger partial charge in [0.2, 0.25) is 0 Å². The third-order valence-corrected chi connectivity index (χ3v) is 10.2. The largest absolute Gasteiger partial charge is 0.472 e. The van der Waals surface area contributed by atoms with Crippen LogP contribution in [-0.4, -0.2) is 13.1 Å². The number of alkyl halides is 3. The molecule has 0 amide bonds. The predicted molar refractivity (Wildman–Crippen MR) is 176 cm³/mol. The molecule has 0 radical (unpaired) electrons. The second-order valence-electron chi connectivity index (χ2n) is 13.2. The van der Waals surface area contributed by atoms with Gasteiger partial charge in [-0.3, -0.25) is 0 Å². The number of rotatable bonds is 3. The van der Waals surface area contributed by atoms with Gasteiger partial charge in [-0.25, -0.2) is 4.39 Å². The number of benzene rings is 5. The average Bonchev–Trinajstić information content (AvgIpc) is 3.31. The molecule has 0 saturated carbocycles. The molecule has 0 N–H and O–H groups in total. The van der Waals surface area contributed by atoms with E-state index in [2.05, 4.69) is 35.2 Å². The van der Waals surface area contributed by atoms with Gasteiger partial charge in [0.25, 0.3) is 0 Å². The van der Waals surface area contributed by atoms with Crippen molar-refractivity contribution < 1.29 is 22.3 Å². The third-order valence-electron chi connectivity index (χ3n) is 10.2. The second kappa shape index (κ2) is 10.2. The van der Waals surface area contributed by atoms with E-state index in [1.54, 1.807) is 18.2 Å². The lowest BCUT2D eigenvalue weighted by atomic mass is 9.76. The van der Waals surface area contributed by atoms with E-state index in [0.717, 1.165) is 57.2 Å². The molecule has 2 heterocycles. The Hall–Kier alpha value is -4.58. The monoisotopic (exact) mass is 619 g/mol. The highest BCUT2D eigenvalue weighted by Crippen LogP contribution is 2.58. The third kappa shape index (κ3) is 4.29. The van der Waals surface area contributed by atoms with E-state index in [0.29, 0.717) is 11.3 Å². The number of piperidine rings is 1. The first-order valence-electron chi connectivity index (χ1n) is 15.9. The average molecular weight is 620 g/mol. The van der Waals surface area contributed by atoms with Crippen LogP contribution >= 0.6 is 0 Å². The zero-order chi connectivity index (χ0) is 31.8. The summed E-state index contributed by atoms with van der Waals surface area (Å²) in [6.45, 7) is 6.04. The molecule has 0 aromatic heterocycles. The maximum atomic E-state index is 14.2. The Balaban J connectivity index is 1.34. The van der Waals surface area contributed by atoms with E-state index in [1.165, 1.54) is 49.2 Å². The number of anilines is 1. The number of hydrogen-bond donors (Lipinski definition) is 0. The zero-order valence-corrected chi connectivity index (χ0v) is 25.7. The summed E-state index contributed by atoms with van der Waals surface area (Å²) in [6.07, 6.45) is 3.25. The molecule has 0 spiro atoms. The molecule has 6 heteroatoms. The Morgan fingerprint density at radius 2 is 1.41 bits per heavy atom. The first-order chi connectivity index (χ1) is 22.1. The van der Waals surface area contributed by atoms with Gasteiger partial charge in [-0.15, -0.1) is 0 Å². The van der Waals surface area contributed by atoms with E-state index in [-0.39, 0.29) is 5.82 Å². The molecule has 2 nitrogen and oxygen atoms in total. The fraction of sp³-hybridized carbons (Fsp3) is 0.250. The van der Waals surface area contributed by atoms with Crippen LogP contribution in [0.4, 0.5) is 23.2 Å². The van der Waals surface area contributed by atoms with Gasteiger partial charge in [-0.2, -0.15) is 13.2 Å². The smallest absolute Gasteiger partial charge is 0.416 e. The molecule has 1 fully saturated rings. The van der Waals surface area contributed by atoms with Gasteiger partial charge in [0.15, 0.2) is 5.60 Å². The van der Waals surface area contributed by atoms with Gasteiger partial charge in [0.1, 0.15) is 11.6 Å². The second-order valence-corrected chi connectivity index (χ2v) is 13.2. The van der Waals surface area contributed by atoms with Crippen LogP contribution in [0.25, 0.3) is 28.0 Å². The summed E-state index contributed by atoms with van der Waals surface area (Å²) >= 11 is 0. The lowest BCUT2D eigenvalue weighted by Crippen LogP contribution is -2.35. The van der Waals surface area contributed by atoms with Crippen molar-refractivity contribution in [1.29, 1.82) is 0 Å². The van der Waals surface area contributed by atoms with Crippen LogP contribution in [0.3, 0.4) is 0 Å². The van der Waals surface area contributed by atoms with Gasteiger partial charge < -0.3 is 9.64 Å². The van der Waals surface area contributed by atoms with Crippen LogP contribution < -0.4 is 9.64 Å². The van der Waals surface area contributed by atoms with E-state index >= 15 is 0 Å². The number of fused-ring (bicyclic) bond motifs is 8. The molecular formula is C40H33F4NO. The molecule has 8 rings (SSSR count). The van der Waals surface area contributed by atoms with E-state index in [4.69, 9.17) is 4.74 Å². The first-order valence-corrected chi connectivity index (χ1v) is 15.9. The summed E-state index contributed by atoms with van der Waals surface area (Å²) in [7, 11) is 0. The van der Waals surface area contributed by atoms with Gasteiger partial charge in [-0.1, -0.05) is 74.5 Å². The van der Waals surface area contributed by atoms with Crippen molar-refractivity contribution in [2.75, 3.05) is 18.0 Å². The quantitative estimate of drug-likeness (QED) is 0.186. The van der Waals surface area contributed by atoms with E-state index < -0.39 is 22.8 Å². The minimum absolute atomic E-state index is 0.333. The molecule has 3 aliphatic rings. The van der Waals surface area contributed by atoms with Gasteiger partial charge in [-0.05, 0) is 89.4 Å². The fourth-order valence-corrected chi connectivity index (χ4v) is 7.86. The normalized spacial score (nSPS) is 19.8. The van der Waals surface area contributed by atoms with Crippen LogP contribution in [0.1, 0.15) is 66.5 Å². The molecule has 232 valence electrons. The van der Waals surface area contributed by atoms with Gasteiger partial charge >= 0.3 is 6.18 Å². The molecule has 1 unspecified atom stereocenters. The molecule has 1 atom stereocenters. The van der Waals surface area contributed by atoms with Crippen LogP contribution in [0.15, 0.2) is 97.1 Å². The Kier molecular flexibility index (Phi) is 6.41. The van der Waals surface area contributed by atoms with Crippen molar-refractivity contribution in [2.45, 2.75) is 50.3 Å². The Morgan fingerprint density at radius 1 is 0.761 bits per heavy atom. The van der Waals surface area contributed by atoms with Crippen molar-refractivity contribution in [3.8, 4) is 16.9 Å². The molecule has 2 aliphatic heterocycles. The highest BCUT2D eigenvalue weighted by Gasteiger charge is 2.45. The number of halogens is 4. The van der Waals surface area contributed by atoms with Crippen molar-refractivity contribution >= 4 is 22.5 Å². The van der Waals surface area contributed by atoms with E-state index in [9.17, 15) is 17.6 Å². The molecule has 0 bridgehead atoms. The number of ether oxygens (including phenoxy) is 1. The lowest BCUT2D eigenvalue weighted by molar-refractivity contribution is -0.137. The van der Waals surface area contributed by atoms with Crippen molar-refractivity contribution in [2.24, 2.45) is 0 Å². The summed E-state index contributed by atoms with van der Waals surface area (Å²) in [5.74, 6) is 0.332. The molecule has 5 aromatic carbocycles. The van der Waals surface area contributed by atoms with Crippen molar-refractivity contribution in [3.05, 3.63) is 136 Å². The minimum atomic E-state index is -4.44. The Bertz CT molecular complexity index is 2020. The highest BCUT2D eigenvalue weighted by atomic mass is 19.4. The minimum Gasteiger partial charge on any atom is -0.472 e. The topological polar surface area (TPSA) is 12.5 Å². The summed E-state index contributed by atoms with van der Waals surface area (Å²) < 4.78 is 63.1. The lowest BCUT2D eigenvalue weighted by Gasteiger charge is -2.38. The summed E-state index contributed by atoms with van der Waals surface area (Å²) in [5.41, 5.74) is 4.61. The summed E-state index contributed by atoms with van der Waals surface area (Å²) in [6, 6.07) is 26.9. The van der Waals surface area contributed by atoms with E-state index in [1.807, 2.05) is 44.2 Å². The fourth-order valence-electron chi connectivity index (χ4n) is 7.86. The van der Waals surface area contributed by atoms with Crippen LogP contribution in [-0.2, 0) is 17.2 Å². The number of hydrogen-bond acceptors (Lipinski definition) is 2. The van der Waals surface area contributed by atoms with Crippen LogP contribution in [0.5, 0.6) is 5.75 Å². The first kappa shape index (κ1) is 28.9. The van der Waals surface area contributed by atoms with Crippen LogP contribution in [0, 0.1) is 5.82 Å². The Morgan fingerprint density at radius 3 is 2.09 bits per heavy atom. The number of nitrogens with zero attached hydrogens (tertiary/aromatic N) is 1. The zero-order valence-electron chi connectivity index (χ0n) is 25.7. The molecule has 5 aromatic rings. The Labute approximate surface area is 265 Å². The van der Waals surface area contributed by atoms with Crippen LogP contribution in [0.2, 0.25) is 0 Å². The molecule has 1 saturated heterocycles. The molecule has 46 heavy (non-hydrogen) atoms. The van der Waals surface area contributed by atoms with Gasteiger partial charge in [0, 0.05) is 46.3 Å². The molecule has 1 aliphatic carbocycles. The van der Waals surface area contributed by atoms with Gasteiger partial charge in [0.05, 0.1) is 5.56 Å². The molecular weight excluding hydrogens is 586 g/mol. The maximum Gasteiger partial charge on any atom is 0.416 e. The highest BCUT2D eigenvalue weighted by molar-refractivity contribution is 6.08. The summed E-state index contributed by atoms with van der Waals surface area (Å²) in [4.78, 5) is 2.41. The SMILES string of the molecule is CC1(C)c2cc(C(F)(F)F)ccc2-c2c1c1c(c3ccccc23)OC(c2ccc(F)cc2)(c2ccc(N3CCCCC3)cc2)C=C1.